The zero-order chi connectivity index (χ0) is 17.4. The molecule has 2 aromatic carbocycles. The molecule has 0 radical (unpaired) electrons. The average molecular weight is 328 g/mol. The van der Waals surface area contributed by atoms with Gasteiger partial charge in [-0.05, 0) is 36.8 Å². The lowest BCUT2D eigenvalue weighted by molar-refractivity contribution is 0.112. The Labute approximate surface area is 144 Å². The average Bonchev–Trinajstić information content (AvgIpc) is 3.07. The maximum atomic E-state index is 11.5. The molecule has 0 amide bonds. The number of pyridine rings is 1. The van der Waals surface area contributed by atoms with Crippen molar-refractivity contribution in [3.05, 3.63) is 71.9 Å². The number of fused-ring (bicyclic) bond motifs is 1. The first-order chi connectivity index (χ1) is 12.2. The normalized spacial score (nSPS) is 10.9. The lowest BCUT2D eigenvalue weighted by atomic mass is 10.1. The van der Waals surface area contributed by atoms with Gasteiger partial charge in [0, 0.05) is 22.8 Å². The van der Waals surface area contributed by atoms with Gasteiger partial charge < -0.3 is 5.73 Å². The zero-order valence-electron chi connectivity index (χ0n) is 13.7. The van der Waals surface area contributed by atoms with Crippen LogP contribution in [0.4, 0.5) is 5.69 Å². The lowest BCUT2D eigenvalue weighted by Crippen LogP contribution is -2.00. The van der Waals surface area contributed by atoms with Gasteiger partial charge in [0.25, 0.3) is 0 Å². The van der Waals surface area contributed by atoms with E-state index in [1.165, 1.54) is 0 Å². The smallest absolute Gasteiger partial charge is 0.154 e. The molecule has 5 heteroatoms. The Kier molecular flexibility index (Phi) is 3.54. The molecule has 2 aromatic heterocycles. The van der Waals surface area contributed by atoms with Crippen molar-refractivity contribution in [2.45, 2.75) is 6.92 Å². The molecule has 0 bridgehead atoms. The van der Waals surface area contributed by atoms with E-state index in [1.807, 2.05) is 49.4 Å². The highest BCUT2D eigenvalue weighted by molar-refractivity contribution is 5.86. The van der Waals surface area contributed by atoms with Gasteiger partial charge in [0.1, 0.15) is 5.69 Å². The Morgan fingerprint density at radius 3 is 2.60 bits per heavy atom. The quantitative estimate of drug-likeness (QED) is 0.459. The number of carbonyl (C=O) groups excluding carboxylic acids is 1. The molecule has 4 rings (SSSR count). The number of hydrogen-bond acceptors (Lipinski definition) is 4. The van der Waals surface area contributed by atoms with E-state index in [9.17, 15) is 4.79 Å². The van der Waals surface area contributed by atoms with Crippen LogP contribution in [0.1, 0.15) is 15.9 Å². The lowest BCUT2D eigenvalue weighted by Gasteiger charge is -2.06. The number of hydrogen-bond donors (Lipinski definition) is 1. The highest BCUT2D eigenvalue weighted by Crippen LogP contribution is 2.25. The van der Waals surface area contributed by atoms with Gasteiger partial charge in [-0.2, -0.15) is 5.10 Å². The molecule has 2 heterocycles. The molecule has 0 aliphatic heterocycles. The molecule has 0 unspecified atom stereocenters. The number of carbonyl (C=O) groups is 1. The summed E-state index contributed by atoms with van der Waals surface area (Å²) in [5, 5.41) is 5.69. The van der Waals surface area contributed by atoms with Gasteiger partial charge in [-0.3, -0.25) is 4.79 Å². The highest BCUT2D eigenvalue weighted by atomic mass is 16.1. The SMILES string of the molecule is Cc1cc(-n2cc(C=O)c(-c3ccc(N)cc3)n2)nc2ccccc12. The molecule has 0 aliphatic carbocycles. The Balaban J connectivity index is 1.87. The molecule has 122 valence electrons. The fraction of sp³-hybridized carbons (Fsp3) is 0.0500. The number of nitrogens with zero attached hydrogens (tertiary/aromatic N) is 3. The van der Waals surface area contributed by atoms with Gasteiger partial charge >= 0.3 is 0 Å². The van der Waals surface area contributed by atoms with Gasteiger partial charge in [-0.15, -0.1) is 0 Å². The molecular weight excluding hydrogens is 312 g/mol. The third-order valence-electron chi connectivity index (χ3n) is 4.20. The second kappa shape index (κ2) is 5.87. The first kappa shape index (κ1) is 15.1. The molecule has 0 atom stereocenters. The Morgan fingerprint density at radius 1 is 1.08 bits per heavy atom. The third-order valence-corrected chi connectivity index (χ3v) is 4.20. The van der Waals surface area contributed by atoms with E-state index in [0.29, 0.717) is 22.8 Å². The molecule has 4 aromatic rings. The van der Waals surface area contributed by atoms with Crippen LogP contribution >= 0.6 is 0 Å². The van der Waals surface area contributed by atoms with Crippen LogP contribution < -0.4 is 5.73 Å². The van der Waals surface area contributed by atoms with Gasteiger partial charge in [0.15, 0.2) is 12.1 Å². The summed E-state index contributed by atoms with van der Waals surface area (Å²) in [4.78, 5) is 16.2. The van der Waals surface area contributed by atoms with Gasteiger partial charge in [0.05, 0.1) is 11.1 Å². The molecule has 5 nitrogen and oxygen atoms in total. The molecule has 0 saturated heterocycles. The topological polar surface area (TPSA) is 73.8 Å². The highest BCUT2D eigenvalue weighted by Gasteiger charge is 2.13. The van der Waals surface area contributed by atoms with Crippen LogP contribution in [0, 0.1) is 6.92 Å². The summed E-state index contributed by atoms with van der Waals surface area (Å²) in [6.07, 6.45) is 2.51. The van der Waals surface area contributed by atoms with Crippen molar-refractivity contribution in [3.63, 3.8) is 0 Å². The Bertz CT molecular complexity index is 1080. The minimum Gasteiger partial charge on any atom is -0.399 e. The fourth-order valence-corrected chi connectivity index (χ4v) is 2.91. The van der Waals surface area contributed by atoms with Crippen LogP contribution in [0.5, 0.6) is 0 Å². The number of para-hydroxylation sites is 1. The summed E-state index contributed by atoms with van der Waals surface area (Å²) in [6, 6.07) is 17.2. The van der Waals surface area contributed by atoms with Crippen molar-refractivity contribution in [1.29, 1.82) is 0 Å². The first-order valence-electron chi connectivity index (χ1n) is 7.93. The number of nitrogen functional groups attached to an aromatic ring is 1. The number of rotatable bonds is 3. The minimum atomic E-state index is 0.511. The molecule has 25 heavy (non-hydrogen) atoms. The monoisotopic (exact) mass is 328 g/mol. The number of benzene rings is 2. The predicted octanol–water partition coefficient (Wildman–Crippen LogP) is 3.79. The third kappa shape index (κ3) is 2.65. The Morgan fingerprint density at radius 2 is 1.84 bits per heavy atom. The second-order valence-corrected chi connectivity index (χ2v) is 5.93. The predicted molar refractivity (Wildman–Crippen MR) is 98.8 cm³/mol. The standard InChI is InChI=1S/C20H16N4O/c1-13-10-19(22-18-5-3-2-4-17(13)18)24-11-15(12-25)20(23-24)14-6-8-16(21)9-7-14/h2-12H,21H2,1H3. The van der Waals surface area contributed by atoms with E-state index < -0.39 is 0 Å². The second-order valence-electron chi connectivity index (χ2n) is 5.93. The molecule has 0 fully saturated rings. The van der Waals surface area contributed by atoms with E-state index in [2.05, 4.69) is 10.1 Å². The van der Waals surface area contributed by atoms with Crippen molar-refractivity contribution in [3.8, 4) is 17.1 Å². The van der Waals surface area contributed by atoms with Crippen LogP contribution in [0.15, 0.2) is 60.8 Å². The molecule has 2 N–H and O–H groups in total. The largest absolute Gasteiger partial charge is 0.399 e. The van der Waals surface area contributed by atoms with Crippen LogP contribution in [-0.2, 0) is 0 Å². The van der Waals surface area contributed by atoms with Crippen molar-refractivity contribution < 1.29 is 4.79 Å². The summed E-state index contributed by atoms with van der Waals surface area (Å²) in [6.45, 7) is 2.04. The van der Waals surface area contributed by atoms with E-state index in [-0.39, 0.29) is 0 Å². The van der Waals surface area contributed by atoms with Crippen molar-refractivity contribution in [1.82, 2.24) is 14.8 Å². The summed E-state index contributed by atoms with van der Waals surface area (Å²) < 4.78 is 1.65. The number of aromatic nitrogens is 3. The number of aryl methyl sites for hydroxylation is 1. The number of anilines is 1. The number of aldehydes is 1. The maximum absolute atomic E-state index is 11.5. The minimum absolute atomic E-state index is 0.511. The maximum Gasteiger partial charge on any atom is 0.154 e. The van der Waals surface area contributed by atoms with Crippen LogP contribution in [0.2, 0.25) is 0 Å². The van der Waals surface area contributed by atoms with Gasteiger partial charge in [-0.1, -0.05) is 30.3 Å². The summed E-state index contributed by atoms with van der Waals surface area (Å²) in [7, 11) is 0. The fourth-order valence-electron chi connectivity index (χ4n) is 2.91. The summed E-state index contributed by atoms with van der Waals surface area (Å²) in [5.41, 5.74) is 10.4. The van der Waals surface area contributed by atoms with Crippen LogP contribution in [0.3, 0.4) is 0 Å². The molecule has 0 aliphatic rings. The van der Waals surface area contributed by atoms with E-state index in [0.717, 1.165) is 28.3 Å². The van der Waals surface area contributed by atoms with E-state index >= 15 is 0 Å². The van der Waals surface area contributed by atoms with Crippen LogP contribution in [-0.4, -0.2) is 21.1 Å². The number of nitrogens with two attached hydrogens (primary N) is 1. The summed E-state index contributed by atoms with van der Waals surface area (Å²) in [5.74, 6) is 0.681. The summed E-state index contributed by atoms with van der Waals surface area (Å²) >= 11 is 0. The van der Waals surface area contributed by atoms with Gasteiger partial charge in [0.2, 0.25) is 0 Å². The van der Waals surface area contributed by atoms with Crippen LogP contribution in [0.25, 0.3) is 28.0 Å². The van der Waals surface area contributed by atoms with E-state index in [4.69, 9.17) is 5.73 Å². The van der Waals surface area contributed by atoms with Crippen molar-refractivity contribution >= 4 is 22.9 Å². The van der Waals surface area contributed by atoms with Crippen molar-refractivity contribution in [2.75, 3.05) is 5.73 Å². The van der Waals surface area contributed by atoms with E-state index in [1.54, 1.807) is 23.0 Å². The first-order valence-corrected chi connectivity index (χ1v) is 7.93. The molecule has 0 spiro atoms. The Hall–Kier alpha value is -3.47. The molecular formula is C20H16N4O. The van der Waals surface area contributed by atoms with Crippen molar-refractivity contribution in [2.24, 2.45) is 0 Å². The van der Waals surface area contributed by atoms with Gasteiger partial charge in [-0.25, -0.2) is 9.67 Å². The zero-order valence-corrected chi connectivity index (χ0v) is 13.7. The molecule has 0 saturated carbocycles.